The fourth-order valence-electron chi connectivity index (χ4n) is 9.05. The molecule has 9 rings (SSSR count). The molecule has 5 aromatic carbocycles. The Kier molecular flexibility index (Phi) is 13.5. The van der Waals surface area contributed by atoms with E-state index in [-0.39, 0.29) is 55.6 Å². The van der Waals surface area contributed by atoms with E-state index in [1.807, 2.05) is 48.5 Å². The summed E-state index contributed by atoms with van der Waals surface area (Å²) in [6.07, 6.45) is 4.77. The highest BCUT2D eigenvalue weighted by Gasteiger charge is 2.38. The fraction of sp³-hybridized carbons (Fsp3) is 0.283. The Balaban J connectivity index is 0.959. The largest absolute Gasteiger partial charge is 0.493 e. The quantitative estimate of drug-likeness (QED) is 0.101. The topological polar surface area (TPSA) is 216 Å². The maximum absolute atomic E-state index is 14.0. The highest BCUT2D eigenvalue weighted by molar-refractivity contribution is 6.16. The fourth-order valence-corrected chi connectivity index (χ4v) is 9.05. The minimum Gasteiger partial charge on any atom is -0.493 e. The van der Waals surface area contributed by atoms with Crippen molar-refractivity contribution in [2.75, 3.05) is 37.7 Å². The lowest BCUT2D eigenvalue weighted by Crippen LogP contribution is -2.51. The van der Waals surface area contributed by atoms with Crippen LogP contribution in [0, 0.1) is 0 Å². The van der Waals surface area contributed by atoms with E-state index in [1.54, 1.807) is 64.7 Å². The van der Waals surface area contributed by atoms with Gasteiger partial charge in [0.15, 0.2) is 23.0 Å². The second-order valence-corrected chi connectivity index (χ2v) is 17.4. The molecule has 0 bridgehead atoms. The van der Waals surface area contributed by atoms with Crippen LogP contribution in [0.1, 0.15) is 73.6 Å². The van der Waals surface area contributed by atoms with Gasteiger partial charge in [-0.05, 0) is 78.6 Å². The lowest BCUT2D eigenvalue weighted by Gasteiger charge is -2.22. The number of aliphatic imine (C=N–C) groups is 2. The zero-order chi connectivity index (χ0) is 49.9. The average Bonchev–Trinajstić information content (AvgIpc) is 3.87. The van der Waals surface area contributed by atoms with Gasteiger partial charge in [0.05, 0.1) is 62.3 Å². The molecule has 0 saturated carbocycles. The van der Waals surface area contributed by atoms with Crippen LogP contribution in [0.5, 0.6) is 23.0 Å². The number of amides is 5. The van der Waals surface area contributed by atoms with Gasteiger partial charge in [0.25, 0.3) is 17.7 Å². The molecule has 364 valence electrons. The number of anilines is 2. The number of benzene rings is 5. The minimum atomic E-state index is -1.08. The first kappa shape index (κ1) is 47.5. The number of hydrogen-bond acceptors (Lipinski definition) is 13. The zero-order valence-corrected chi connectivity index (χ0v) is 39.6. The second-order valence-electron chi connectivity index (χ2n) is 17.4. The molecule has 0 fully saturated rings. The minimum absolute atomic E-state index is 0.0209. The van der Waals surface area contributed by atoms with Crippen molar-refractivity contribution >= 4 is 70.7 Å². The first-order valence-electron chi connectivity index (χ1n) is 23.0. The SMILES string of the molecule is COC(=O)CCNC(=O)[C@H](C)NC(=O)[C@H](C)NC(=O)c1cc(COc2cc3c(cc2OC)C(=O)N2c4ccccc4CC2C=N3)cc(COc2cc3c(cc2OC)C(=O)N2c4ccccc4C[C@H]2C=N3)c1. The van der Waals surface area contributed by atoms with E-state index in [4.69, 9.17) is 28.9 Å². The van der Waals surface area contributed by atoms with Crippen LogP contribution in [0.2, 0.25) is 0 Å². The molecule has 4 aliphatic heterocycles. The van der Waals surface area contributed by atoms with Gasteiger partial charge in [-0.3, -0.25) is 48.6 Å². The first-order chi connectivity index (χ1) is 34.3. The molecular formula is C53H51N7O11. The summed E-state index contributed by atoms with van der Waals surface area (Å²) in [5.74, 6) is -1.50. The number of rotatable bonds is 16. The van der Waals surface area contributed by atoms with Crippen LogP contribution in [-0.2, 0) is 45.2 Å². The maximum atomic E-state index is 14.0. The first-order valence-corrected chi connectivity index (χ1v) is 23.0. The summed E-state index contributed by atoms with van der Waals surface area (Å²) in [6, 6.07) is 24.5. The molecule has 18 nitrogen and oxygen atoms in total. The molecule has 4 atom stereocenters. The van der Waals surface area contributed by atoms with Gasteiger partial charge in [0, 0.05) is 60.9 Å². The number of methoxy groups -OCH3 is 3. The van der Waals surface area contributed by atoms with Gasteiger partial charge < -0.3 is 39.6 Å². The van der Waals surface area contributed by atoms with E-state index in [2.05, 4.69) is 20.7 Å². The number of nitrogens with zero attached hydrogens (tertiary/aromatic N) is 4. The predicted molar refractivity (Wildman–Crippen MR) is 263 cm³/mol. The third kappa shape index (κ3) is 9.73. The van der Waals surface area contributed by atoms with Crippen molar-refractivity contribution in [1.82, 2.24) is 16.0 Å². The molecule has 0 spiro atoms. The Bertz CT molecular complexity index is 2880. The second kappa shape index (κ2) is 20.2. The summed E-state index contributed by atoms with van der Waals surface area (Å²) in [6.45, 7) is 2.82. The molecule has 5 amide bonds. The van der Waals surface area contributed by atoms with Gasteiger partial charge in [-0.25, -0.2) is 0 Å². The van der Waals surface area contributed by atoms with Crippen molar-refractivity contribution in [1.29, 1.82) is 0 Å². The number of ether oxygens (including phenoxy) is 5. The number of esters is 1. The summed E-state index contributed by atoms with van der Waals surface area (Å²) >= 11 is 0. The maximum Gasteiger partial charge on any atom is 0.307 e. The standard InChI is InChI=1S/C53H51N7O11/c1-29(49(62)54-15-14-48(61)69-5)57-50(63)30(2)58-51(64)35-17-31(27-70-46-23-40-38(21-44(46)67-3)52(65)59-36(25-55-40)19-33-10-6-8-12-42(33)59)16-32(18-35)28-71-47-24-41-39(22-45(47)68-4)53(66)60-37(26-56-41)20-34-11-7-9-13-43(34)60/h6-13,16-18,21-26,29-30,36-37H,14-15,19-20,27-28H2,1-5H3,(H,54,62)(H,57,63)(H,58,64)/t29-,30-,36-,37?/m0/s1. The Morgan fingerprint density at radius 3 is 1.62 bits per heavy atom. The van der Waals surface area contributed by atoms with E-state index in [0.29, 0.717) is 69.5 Å². The summed E-state index contributed by atoms with van der Waals surface area (Å²) in [4.78, 5) is 92.3. The van der Waals surface area contributed by atoms with Crippen LogP contribution in [0.3, 0.4) is 0 Å². The summed E-state index contributed by atoms with van der Waals surface area (Å²) < 4.78 is 28.8. The number of nitrogens with one attached hydrogen (secondary N) is 3. The molecule has 3 N–H and O–H groups in total. The summed E-state index contributed by atoms with van der Waals surface area (Å²) in [5, 5.41) is 7.86. The zero-order valence-electron chi connectivity index (χ0n) is 39.6. The molecule has 0 aromatic heterocycles. The molecule has 71 heavy (non-hydrogen) atoms. The Morgan fingerprint density at radius 1 is 0.634 bits per heavy atom. The lowest BCUT2D eigenvalue weighted by atomic mass is 10.0. The van der Waals surface area contributed by atoms with Gasteiger partial charge in [0.1, 0.15) is 25.3 Å². The molecule has 0 radical (unpaired) electrons. The molecule has 4 heterocycles. The number of fused-ring (bicyclic) bond motifs is 8. The van der Waals surface area contributed by atoms with Gasteiger partial charge in [-0.1, -0.05) is 36.4 Å². The van der Waals surface area contributed by atoms with E-state index < -0.39 is 35.8 Å². The van der Waals surface area contributed by atoms with Crippen molar-refractivity contribution in [3.63, 3.8) is 0 Å². The van der Waals surface area contributed by atoms with Crippen molar-refractivity contribution in [2.24, 2.45) is 9.98 Å². The number of hydrogen-bond donors (Lipinski definition) is 3. The Labute approximate surface area is 409 Å². The smallest absolute Gasteiger partial charge is 0.307 e. The van der Waals surface area contributed by atoms with Crippen LogP contribution in [0.15, 0.2) is 101 Å². The van der Waals surface area contributed by atoms with Crippen molar-refractivity contribution in [3.05, 3.63) is 130 Å². The monoisotopic (exact) mass is 961 g/mol. The van der Waals surface area contributed by atoms with E-state index >= 15 is 0 Å². The predicted octanol–water partition coefficient (Wildman–Crippen LogP) is 5.74. The number of carbonyl (C=O) groups excluding carboxylic acids is 6. The molecule has 18 heteroatoms. The summed E-state index contributed by atoms with van der Waals surface area (Å²) in [7, 11) is 4.20. The molecule has 5 aromatic rings. The van der Waals surface area contributed by atoms with Gasteiger partial charge >= 0.3 is 5.97 Å². The molecule has 0 aliphatic carbocycles. The molecule has 1 unspecified atom stereocenters. The van der Waals surface area contributed by atoms with E-state index in [1.165, 1.54) is 35.2 Å². The lowest BCUT2D eigenvalue weighted by molar-refractivity contribution is -0.140. The van der Waals surface area contributed by atoms with E-state index in [9.17, 15) is 28.8 Å². The van der Waals surface area contributed by atoms with Crippen LogP contribution < -0.4 is 44.7 Å². The highest BCUT2D eigenvalue weighted by atomic mass is 16.5. The van der Waals surface area contributed by atoms with Gasteiger partial charge in [-0.2, -0.15) is 0 Å². The number of para-hydroxylation sites is 2. The third-order valence-corrected chi connectivity index (χ3v) is 12.7. The van der Waals surface area contributed by atoms with Gasteiger partial charge in [0.2, 0.25) is 11.8 Å². The molecular weight excluding hydrogens is 911 g/mol. The summed E-state index contributed by atoms with van der Waals surface area (Å²) in [5.41, 5.74) is 6.53. The Morgan fingerprint density at radius 2 is 1.13 bits per heavy atom. The molecule has 4 aliphatic rings. The van der Waals surface area contributed by atoms with Crippen molar-refractivity contribution in [3.8, 4) is 23.0 Å². The van der Waals surface area contributed by atoms with Gasteiger partial charge in [-0.15, -0.1) is 0 Å². The van der Waals surface area contributed by atoms with E-state index in [0.717, 1.165) is 22.5 Å². The third-order valence-electron chi connectivity index (χ3n) is 12.7. The van der Waals surface area contributed by atoms with Crippen molar-refractivity contribution in [2.45, 2.75) is 70.5 Å². The Hall–Kier alpha value is -8.54. The average molecular weight is 962 g/mol. The van der Waals surface area contributed by atoms with Crippen LogP contribution >= 0.6 is 0 Å². The molecule has 0 saturated heterocycles. The van der Waals surface area contributed by atoms with Crippen LogP contribution in [0.4, 0.5) is 22.7 Å². The van der Waals surface area contributed by atoms with Crippen LogP contribution in [0.25, 0.3) is 0 Å². The normalized spacial score (nSPS) is 16.6. The van der Waals surface area contributed by atoms with Crippen molar-refractivity contribution < 1.29 is 52.5 Å². The number of carbonyl (C=O) groups is 6. The van der Waals surface area contributed by atoms with Crippen LogP contribution in [-0.4, -0.2) is 100.0 Å². The highest BCUT2D eigenvalue weighted by Crippen LogP contribution is 2.43.